The Hall–Kier alpha value is -1.03. The van der Waals surface area contributed by atoms with Crippen LogP contribution in [-0.2, 0) is 16.7 Å². The van der Waals surface area contributed by atoms with Gasteiger partial charge in [0.1, 0.15) is 0 Å². The van der Waals surface area contributed by atoms with E-state index in [1.165, 1.54) is 6.20 Å². The van der Waals surface area contributed by atoms with Gasteiger partial charge in [0.25, 0.3) is 15.7 Å². The van der Waals surface area contributed by atoms with Crippen LogP contribution in [0.25, 0.3) is 0 Å². The topological polar surface area (TPSA) is 115 Å². The molecule has 0 unspecified atom stereocenters. The van der Waals surface area contributed by atoms with E-state index in [1.807, 2.05) is 0 Å². The zero-order valence-electron chi connectivity index (χ0n) is 8.19. The minimum Gasteiger partial charge on any atom is -0.338 e. The lowest BCUT2D eigenvalue weighted by molar-refractivity contribution is 0.480. The smallest absolute Gasteiger partial charge is 0.266 e. The van der Waals surface area contributed by atoms with Crippen LogP contribution in [0.5, 0.6) is 0 Å². The van der Waals surface area contributed by atoms with Crippen molar-refractivity contribution in [3.63, 3.8) is 0 Å². The summed E-state index contributed by atoms with van der Waals surface area (Å²) in [5.41, 5.74) is 0.0760. The zero-order chi connectivity index (χ0) is 12.2. The van der Waals surface area contributed by atoms with Crippen molar-refractivity contribution in [2.24, 2.45) is 0 Å². The predicted octanol–water partition coefficient (Wildman–Crippen LogP) is -0.590. The van der Waals surface area contributed by atoms with Crippen molar-refractivity contribution in [3.8, 4) is 0 Å². The standard InChI is InChI=1S/C7H11N3O4S2/c11-6-5(4-9-7(15)10-6)3-8-1-2-16(12,13)14/h4,8H,1-3H2,(H,12,13,14)(H2,9,10,11,15). The fourth-order valence-electron chi connectivity index (χ4n) is 0.993. The van der Waals surface area contributed by atoms with Crippen molar-refractivity contribution in [1.82, 2.24) is 15.3 Å². The quantitative estimate of drug-likeness (QED) is 0.321. The van der Waals surface area contributed by atoms with Gasteiger partial charge in [-0.1, -0.05) is 0 Å². The lowest BCUT2D eigenvalue weighted by Crippen LogP contribution is -2.26. The van der Waals surface area contributed by atoms with Gasteiger partial charge >= 0.3 is 0 Å². The van der Waals surface area contributed by atoms with Gasteiger partial charge in [0.15, 0.2) is 4.77 Å². The van der Waals surface area contributed by atoms with E-state index in [9.17, 15) is 13.2 Å². The first kappa shape index (κ1) is 13.0. The minimum atomic E-state index is -3.97. The van der Waals surface area contributed by atoms with Gasteiger partial charge in [0.05, 0.1) is 5.75 Å². The van der Waals surface area contributed by atoms with E-state index in [2.05, 4.69) is 15.3 Å². The van der Waals surface area contributed by atoms with Crippen LogP contribution in [0.4, 0.5) is 0 Å². The molecule has 1 heterocycles. The number of rotatable bonds is 5. The molecule has 90 valence electrons. The molecule has 1 aromatic rings. The number of hydrogen-bond acceptors (Lipinski definition) is 5. The monoisotopic (exact) mass is 265 g/mol. The highest BCUT2D eigenvalue weighted by molar-refractivity contribution is 7.85. The van der Waals surface area contributed by atoms with Gasteiger partial charge in [-0.2, -0.15) is 8.42 Å². The second-order valence-electron chi connectivity index (χ2n) is 3.06. The average molecular weight is 265 g/mol. The Kier molecular flexibility index (Phi) is 4.35. The summed E-state index contributed by atoms with van der Waals surface area (Å²) in [4.78, 5) is 16.3. The summed E-state index contributed by atoms with van der Waals surface area (Å²) < 4.78 is 29.4. The predicted molar refractivity (Wildman–Crippen MR) is 60.4 cm³/mol. The molecule has 0 spiro atoms. The molecule has 0 bridgehead atoms. The number of H-pyrrole nitrogens is 2. The summed E-state index contributed by atoms with van der Waals surface area (Å²) in [5.74, 6) is -0.395. The van der Waals surface area contributed by atoms with Crippen molar-refractivity contribution in [1.29, 1.82) is 0 Å². The number of hydrogen-bond donors (Lipinski definition) is 4. The van der Waals surface area contributed by atoms with E-state index in [0.717, 1.165) is 0 Å². The molecular formula is C7H11N3O4S2. The molecule has 7 nitrogen and oxygen atoms in total. The highest BCUT2D eigenvalue weighted by Crippen LogP contribution is 1.87. The van der Waals surface area contributed by atoms with Crippen LogP contribution in [0.1, 0.15) is 5.56 Å². The highest BCUT2D eigenvalue weighted by Gasteiger charge is 2.04. The van der Waals surface area contributed by atoms with Gasteiger partial charge in [-0.15, -0.1) is 0 Å². The third kappa shape index (κ3) is 4.66. The maximum absolute atomic E-state index is 11.3. The van der Waals surface area contributed by atoms with Crippen LogP contribution in [0.15, 0.2) is 11.0 Å². The lowest BCUT2D eigenvalue weighted by Gasteiger charge is -2.02. The van der Waals surface area contributed by atoms with Gasteiger partial charge in [-0.25, -0.2) is 0 Å². The molecule has 0 aliphatic heterocycles. The summed E-state index contributed by atoms with van der Waals surface area (Å²) in [6.45, 7) is 0.255. The Bertz CT molecular complexity index is 559. The summed E-state index contributed by atoms with van der Waals surface area (Å²) in [5, 5.41) is 2.71. The van der Waals surface area contributed by atoms with E-state index < -0.39 is 15.9 Å². The summed E-state index contributed by atoms with van der Waals surface area (Å²) in [6, 6.07) is 0. The average Bonchev–Trinajstić information content (AvgIpc) is 2.13. The maximum atomic E-state index is 11.3. The van der Waals surface area contributed by atoms with Crippen LogP contribution < -0.4 is 10.9 Å². The first-order chi connectivity index (χ1) is 7.38. The van der Waals surface area contributed by atoms with E-state index >= 15 is 0 Å². The molecule has 0 aliphatic rings. The molecule has 0 atom stereocenters. The summed E-state index contributed by atoms with van der Waals surface area (Å²) in [7, 11) is -3.97. The second kappa shape index (κ2) is 5.34. The molecule has 9 heteroatoms. The molecule has 0 aromatic carbocycles. The number of aromatic nitrogens is 2. The van der Waals surface area contributed by atoms with E-state index in [0.29, 0.717) is 5.56 Å². The second-order valence-corrected chi connectivity index (χ2v) is 5.04. The van der Waals surface area contributed by atoms with Crippen molar-refractivity contribution in [2.75, 3.05) is 12.3 Å². The molecule has 0 saturated heterocycles. The van der Waals surface area contributed by atoms with E-state index in [4.69, 9.17) is 16.8 Å². The highest BCUT2D eigenvalue weighted by atomic mass is 32.2. The van der Waals surface area contributed by atoms with Crippen molar-refractivity contribution >= 4 is 22.3 Å². The molecule has 16 heavy (non-hydrogen) atoms. The SMILES string of the molecule is O=c1[nH]c(=S)[nH]cc1CNCCS(=O)(=O)O. The molecule has 0 aliphatic carbocycles. The van der Waals surface area contributed by atoms with Crippen LogP contribution in [0.3, 0.4) is 0 Å². The van der Waals surface area contributed by atoms with Crippen LogP contribution in [0, 0.1) is 4.77 Å². The molecule has 0 fully saturated rings. The first-order valence-corrected chi connectivity index (χ1v) is 6.37. The molecular weight excluding hydrogens is 254 g/mol. The van der Waals surface area contributed by atoms with E-state index in [-0.39, 0.29) is 23.4 Å². The molecule has 1 rings (SSSR count). The van der Waals surface area contributed by atoms with Gasteiger partial charge in [-0.05, 0) is 12.2 Å². The normalized spacial score (nSPS) is 11.6. The van der Waals surface area contributed by atoms with Crippen LogP contribution in [0.2, 0.25) is 0 Å². The minimum absolute atomic E-state index is 0.0634. The largest absolute Gasteiger partial charge is 0.338 e. The number of nitrogens with one attached hydrogen (secondary N) is 3. The molecule has 0 saturated carbocycles. The Labute approximate surface area is 96.7 Å². The van der Waals surface area contributed by atoms with Gasteiger partial charge in [0, 0.05) is 24.8 Å². The summed E-state index contributed by atoms with van der Waals surface area (Å²) in [6.07, 6.45) is 1.45. The number of aromatic amines is 2. The Morgan fingerprint density at radius 2 is 2.19 bits per heavy atom. The van der Waals surface area contributed by atoms with E-state index in [1.54, 1.807) is 0 Å². The third-order valence-corrected chi connectivity index (χ3v) is 2.69. The van der Waals surface area contributed by atoms with Gasteiger partial charge < -0.3 is 10.3 Å². The van der Waals surface area contributed by atoms with Crippen molar-refractivity contribution in [3.05, 3.63) is 26.9 Å². The van der Waals surface area contributed by atoms with Crippen LogP contribution in [-0.4, -0.2) is 35.2 Å². The van der Waals surface area contributed by atoms with Gasteiger partial charge in [-0.3, -0.25) is 14.3 Å². The first-order valence-electron chi connectivity index (χ1n) is 4.35. The fraction of sp³-hybridized carbons (Fsp3) is 0.429. The van der Waals surface area contributed by atoms with Gasteiger partial charge in [0.2, 0.25) is 0 Å². The zero-order valence-corrected chi connectivity index (χ0v) is 9.82. The molecule has 1 aromatic heterocycles. The molecule has 4 N–H and O–H groups in total. The summed E-state index contributed by atoms with van der Waals surface area (Å²) >= 11 is 4.70. The Morgan fingerprint density at radius 1 is 1.50 bits per heavy atom. The van der Waals surface area contributed by atoms with Crippen molar-refractivity contribution in [2.45, 2.75) is 6.54 Å². The fourth-order valence-corrected chi connectivity index (χ4v) is 1.55. The van der Waals surface area contributed by atoms with Crippen molar-refractivity contribution < 1.29 is 13.0 Å². The Balaban J connectivity index is 2.50. The molecule has 0 radical (unpaired) electrons. The lowest BCUT2D eigenvalue weighted by atomic mass is 10.3. The maximum Gasteiger partial charge on any atom is 0.266 e. The third-order valence-electron chi connectivity index (χ3n) is 1.75. The van der Waals surface area contributed by atoms with Crippen LogP contribution >= 0.6 is 12.2 Å². The Morgan fingerprint density at radius 3 is 2.75 bits per heavy atom. The molecule has 0 amide bonds.